The first-order valence-electron chi connectivity index (χ1n) is 6.95. The van der Waals surface area contributed by atoms with Gasteiger partial charge in [-0.25, -0.2) is 9.59 Å². The van der Waals surface area contributed by atoms with Gasteiger partial charge in [0.2, 0.25) is 0 Å². The van der Waals surface area contributed by atoms with Gasteiger partial charge >= 0.3 is 12.0 Å². The SMILES string of the molecule is CC(C)CCOCCNC(=O)N1CC(O)C[C@H]1C(=O)O. The van der Waals surface area contributed by atoms with Crippen molar-refractivity contribution in [3.05, 3.63) is 0 Å². The lowest BCUT2D eigenvalue weighted by Gasteiger charge is -2.21. The van der Waals surface area contributed by atoms with Gasteiger partial charge in [0, 0.05) is 26.1 Å². The molecule has 2 atom stereocenters. The third-order valence-corrected chi connectivity index (χ3v) is 3.19. The molecule has 0 saturated carbocycles. The van der Waals surface area contributed by atoms with E-state index in [9.17, 15) is 14.7 Å². The average Bonchev–Trinajstić information content (AvgIpc) is 2.75. The van der Waals surface area contributed by atoms with Gasteiger partial charge in [0.25, 0.3) is 0 Å². The predicted molar refractivity (Wildman–Crippen MR) is 72.4 cm³/mol. The van der Waals surface area contributed by atoms with E-state index in [1.54, 1.807) is 0 Å². The summed E-state index contributed by atoms with van der Waals surface area (Å²) in [6, 6.07) is -1.42. The molecule has 1 rings (SSSR count). The number of amides is 2. The number of ether oxygens (including phenoxy) is 1. The van der Waals surface area contributed by atoms with Gasteiger partial charge in [0.1, 0.15) is 6.04 Å². The molecule has 1 aliphatic rings. The maximum atomic E-state index is 11.8. The number of carbonyl (C=O) groups excluding carboxylic acids is 1. The van der Waals surface area contributed by atoms with Gasteiger partial charge in [-0.15, -0.1) is 0 Å². The number of urea groups is 1. The normalized spacial score (nSPS) is 22.3. The Labute approximate surface area is 118 Å². The maximum Gasteiger partial charge on any atom is 0.326 e. The molecule has 20 heavy (non-hydrogen) atoms. The number of nitrogens with zero attached hydrogens (tertiary/aromatic N) is 1. The molecule has 0 aliphatic carbocycles. The van der Waals surface area contributed by atoms with Crippen molar-refractivity contribution in [2.24, 2.45) is 5.92 Å². The van der Waals surface area contributed by atoms with Crippen LogP contribution in [0.5, 0.6) is 0 Å². The zero-order valence-electron chi connectivity index (χ0n) is 12.0. The summed E-state index contributed by atoms with van der Waals surface area (Å²) >= 11 is 0. The molecule has 0 aromatic carbocycles. The molecule has 116 valence electrons. The van der Waals surface area contributed by atoms with E-state index in [1.165, 1.54) is 0 Å². The molecule has 3 N–H and O–H groups in total. The second-order valence-electron chi connectivity index (χ2n) is 5.42. The van der Waals surface area contributed by atoms with Gasteiger partial charge in [-0.2, -0.15) is 0 Å². The molecule has 0 spiro atoms. The quantitative estimate of drug-likeness (QED) is 0.584. The number of carbonyl (C=O) groups is 2. The number of hydrogen-bond acceptors (Lipinski definition) is 4. The van der Waals surface area contributed by atoms with Crippen LogP contribution in [0.25, 0.3) is 0 Å². The first-order chi connectivity index (χ1) is 9.41. The van der Waals surface area contributed by atoms with Gasteiger partial charge in [-0.1, -0.05) is 13.8 Å². The van der Waals surface area contributed by atoms with E-state index in [4.69, 9.17) is 9.84 Å². The van der Waals surface area contributed by atoms with Gasteiger partial charge in [0.05, 0.1) is 12.7 Å². The van der Waals surface area contributed by atoms with Crippen LogP contribution in [-0.2, 0) is 9.53 Å². The second-order valence-corrected chi connectivity index (χ2v) is 5.42. The number of rotatable bonds is 7. The van der Waals surface area contributed by atoms with Crippen molar-refractivity contribution < 1.29 is 24.5 Å². The third-order valence-electron chi connectivity index (χ3n) is 3.19. The van der Waals surface area contributed by atoms with Crippen LogP contribution in [-0.4, -0.2) is 65.6 Å². The van der Waals surface area contributed by atoms with E-state index in [2.05, 4.69) is 19.2 Å². The Morgan fingerprint density at radius 2 is 2.10 bits per heavy atom. The molecule has 1 aliphatic heterocycles. The first-order valence-corrected chi connectivity index (χ1v) is 6.95. The Kier molecular flexibility index (Phi) is 6.74. The summed E-state index contributed by atoms with van der Waals surface area (Å²) in [6.07, 6.45) is 0.269. The number of carboxylic acid groups (broad SMARTS) is 1. The molecular formula is C13H24N2O5. The fourth-order valence-electron chi connectivity index (χ4n) is 2.03. The lowest BCUT2D eigenvalue weighted by Crippen LogP contribution is -2.46. The summed E-state index contributed by atoms with van der Waals surface area (Å²) in [5.41, 5.74) is 0. The van der Waals surface area contributed by atoms with Crippen LogP contribution < -0.4 is 5.32 Å². The smallest absolute Gasteiger partial charge is 0.326 e. The monoisotopic (exact) mass is 288 g/mol. The molecule has 2 amide bonds. The molecule has 1 heterocycles. The van der Waals surface area contributed by atoms with Gasteiger partial charge in [-0.05, 0) is 12.3 Å². The topological polar surface area (TPSA) is 99.1 Å². The highest BCUT2D eigenvalue weighted by Gasteiger charge is 2.38. The maximum absolute atomic E-state index is 11.8. The highest BCUT2D eigenvalue weighted by molar-refractivity contribution is 5.83. The Morgan fingerprint density at radius 1 is 1.40 bits per heavy atom. The number of β-amino-alcohol motifs (C(OH)–C–C–N with tert-alkyl or cyclic N) is 1. The lowest BCUT2D eigenvalue weighted by atomic mass is 10.1. The number of aliphatic carboxylic acids is 1. The predicted octanol–water partition coefficient (Wildman–Crippen LogP) is 0.279. The number of nitrogens with one attached hydrogen (secondary N) is 1. The van der Waals surface area contributed by atoms with Crippen molar-refractivity contribution in [2.45, 2.75) is 38.8 Å². The summed E-state index contributed by atoms with van der Waals surface area (Å²) in [7, 11) is 0. The average molecular weight is 288 g/mol. The zero-order valence-corrected chi connectivity index (χ0v) is 12.0. The molecule has 1 fully saturated rings. The van der Waals surface area contributed by atoms with E-state index in [0.29, 0.717) is 25.7 Å². The minimum atomic E-state index is -1.09. The molecule has 0 radical (unpaired) electrons. The van der Waals surface area contributed by atoms with Crippen molar-refractivity contribution in [1.29, 1.82) is 0 Å². The number of carboxylic acids is 1. The molecule has 1 unspecified atom stereocenters. The molecule has 0 bridgehead atoms. The van der Waals surface area contributed by atoms with Gasteiger partial charge in [0.15, 0.2) is 0 Å². The first kappa shape index (κ1) is 16.7. The van der Waals surface area contributed by atoms with E-state index in [0.717, 1.165) is 11.3 Å². The minimum Gasteiger partial charge on any atom is -0.480 e. The minimum absolute atomic E-state index is 0.0526. The zero-order chi connectivity index (χ0) is 15.1. The van der Waals surface area contributed by atoms with Crippen LogP contribution in [0.1, 0.15) is 26.7 Å². The van der Waals surface area contributed by atoms with Crippen molar-refractivity contribution in [3.8, 4) is 0 Å². The standard InChI is InChI=1S/C13H24N2O5/c1-9(2)3-5-20-6-4-14-13(19)15-8-10(16)7-11(15)12(17)18/h9-11,16H,3-8H2,1-2H3,(H,14,19)(H,17,18)/t10?,11-/m0/s1. The summed E-state index contributed by atoms with van der Waals surface area (Å²) in [5.74, 6) is -0.517. The van der Waals surface area contributed by atoms with E-state index >= 15 is 0 Å². The van der Waals surface area contributed by atoms with Crippen molar-refractivity contribution in [1.82, 2.24) is 10.2 Å². The van der Waals surface area contributed by atoms with Crippen molar-refractivity contribution in [2.75, 3.05) is 26.3 Å². The number of aliphatic hydroxyl groups excluding tert-OH is 1. The molecule has 7 heteroatoms. The highest BCUT2D eigenvalue weighted by atomic mass is 16.5. The largest absolute Gasteiger partial charge is 0.480 e. The Morgan fingerprint density at radius 3 is 2.70 bits per heavy atom. The van der Waals surface area contributed by atoms with Crippen LogP contribution in [0.4, 0.5) is 4.79 Å². The van der Waals surface area contributed by atoms with Crippen LogP contribution in [0, 0.1) is 5.92 Å². The number of hydrogen-bond donors (Lipinski definition) is 3. The Bertz CT molecular complexity index is 335. The van der Waals surface area contributed by atoms with Gasteiger partial charge in [-0.3, -0.25) is 0 Å². The fourth-order valence-corrected chi connectivity index (χ4v) is 2.03. The van der Waals surface area contributed by atoms with Gasteiger partial charge < -0.3 is 25.2 Å². The lowest BCUT2D eigenvalue weighted by molar-refractivity contribution is -0.141. The van der Waals surface area contributed by atoms with E-state index in [-0.39, 0.29) is 13.0 Å². The summed E-state index contributed by atoms with van der Waals surface area (Å²) in [6.45, 7) is 5.64. The second kappa shape index (κ2) is 8.06. The number of likely N-dealkylation sites (tertiary alicyclic amines) is 1. The van der Waals surface area contributed by atoms with Crippen LogP contribution in [0.15, 0.2) is 0 Å². The Hall–Kier alpha value is -1.34. The van der Waals surface area contributed by atoms with Crippen LogP contribution in [0.3, 0.4) is 0 Å². The van der Waals surface area contributed by atoms with Crippen LogP contribution in [0.2, 0.25) is 0 Å². The summed E-state index contributed by atoms with van der Waals surface area (Å²) < 4.78 is 5.35. The van der Waals surface area contributed by atoms with Crippen molar-refractivity contribution in [3.63, 3.8) is 0 Å². The third kappa shape index (κ3) is 5.34. The Balaban J connectivity index is 2.23. The fraction of sp³-hybridized carbons (Fsp3) is 0.846. The van der Waals surface area contributed by atoms with Crippen molar-refractivity contribution >= 4 is 12.0 Å². The van der Waals surface area contributed by atoms with E-state index < -0.39 is 24.1 Å². The molecule has 0 aromatic heterocycles. The molecule has 0 aromatic rings. The summed E-state index contributed by atoms with van der Waals surface area (Å²) in [4.78, 5) is 24.0. The highest BCUT2D eigenvalue weighted by Crippen LogP contribution is 2.17. The molecular weight excluding hydrogens is 264 g/mol. The summed E-state index contributed by atoms with van der Waals surface area (Å²) in [5, 5.41) is 21.0. The molecule has 7 nitrogen and oxygen atoms in total. The van der Waals surface area contributed by atoms with E-state index in [1.807, 2.05) is 0 Å². The molecule has 1 saturated heterocycles. The number of aliphatic hydroxyl groups is 1. The van der Waals surface area contributed by atoms with Crippen LogP contribution >= 0.6 is 0 Å².